The molecule has 0 radical (unpaired) electrons. The van der Waals surface area contributed by atoms with Crippen molar-refractivity contribution >= 4 is 11.9 Å². The zero-order valence-electron chi connectivity index (χ0n) is 17.6. The summed E-state index contributed by atoms with van der Waals surface area (Å²) in [4.78, 5) is 27.5. The van der Waals surface area contributed by atoms with E-state index in [1.54, 1.807) is 7.11 Å². The average Bonchev–Trinajstić information content (AvgIpc) is 2.90. The van der Waals surface area contributed by atoms with E-state index in [2.05, 4.69) is 0 Å². The number of hydrogen-bond donors (Lipinski definition) is 0. The predicted molar refractivity (Wildman–Crippen MR) is 108 cm³/mol. The van der Waals surface area contributed by atoms with Gasteiger partial charge in [-0.05, 0) is 70.1 Å². The molecule has 1 aromatic carbocycles. The molecule has 1 saturated carbocycles. The first-order valence-electron chi connectivity index (χ1n) is 10.3. The van der Waals surface area contributed by atoms with Crippen molar-refractivity contribution in [3.63, 3.8) is 0 Å². The lowest BCUT2D eigenvalue weighted by atomic mass is 9.68. The molecule has 0 unspecified atom stereocenters. The van der Waals surface area contributed by atoms with E-state index in [4.69, 9.17) is 9.47 Å². The Balaban J connectivity index is 1.60. The zero-order valence-corrected chi connectivity index (χ0v) is 17.6. The number of esters is 1. The van der Waals surface area contributed by atoms with Crippen LogP contribution in [0.3, 0.4) is 0 Å². The molecule has 3 rings (SSSR count). The Morgan fingerprint density at radius 2 is 1.93 bits per heavy atom. The maximum atomic E-state index is 13.3. The van der Waals surface area contributed by atoms with Crippen LogP contribution >= 0.6 is 0 Å². The molecule has 154 valence electrons. The number of carbonyl (C=O) groups is 2. The highest BCUT2D eigenvalue weighted by Gasteiger charge is 2.49. The Labute approximate surface area is 168 Å². The minimum atomic E-state index is -0.457. The highest BCUT2D eigenvalue weighted by Crippen LogP contribution is 2.48. The Hall–Kier alpha value is -2.04. The van der Waals surface area contributed by atoms with Gasteiger partial charge in [-0.1, -0.05) is 18.6 Å². The summed E-state index contributed by atoms with van der Waals surface area (Å²) < 4.78 is 10.7. The summed E-state index contributed by atoms with van der Waals surface area (Å²) in [6, 6.07) is 7.90. The molecule has 5 nitrogen and oxygen atoms in total. The fourth-order valence-electron chi connectivity index (χ4n) is 4.70. The van der Waals surface area contributed by atoms with Crippen molar-refractivity contribution in [3.05, 3.63) is 29.8 Å². The van der Waals surface area contributed by atoms with Gasteiger partial charge in [0.1, 0.15) is 11.4 Å². The van der Waals surface area contributed by atoms with Gasteiger partial charge in [0.25, 0.3) is 0 Å². The third-order valence-corrected chi connectivity index (χ3v) is 5.96. The highest BCUT2D eigenvalue weighted by atomic mass is 16.6. The minimum Gasteiger partial charge on any atom is -0.497 e. The van der Waals surface area contributed by atoms with E-state index >= 15 is 0 Å². The first-order valence-corrected chi connectivity index (χ1v) is 10.3. The van der Waals surface area contributed by atoms with Crippen LogP contribution in [-0.4, -0.2) is 36.0 Å². The normalized spacial score (nSPS) is 25.2. The molecule has 1 aromatic rings. The molecular formula is C23H33NO4. The van der Waals surface area contributed by atoms with Crippen molar-refractivity contribution in [1.29, 1.82) is 0 Å². The molecule has 0 N–H and O–H groups in total. The minimum absolute atomic E-state index is 0.143. The number of benzene rings is 1. The summed E-state index contributed by atoms with van der Waals surface area (Å²) >= 11 is 0. The number of likely N-dealkylation sites (tertiary alicyclic amines) is 1. The van der Waals surface area contributed by atoms with Crippen LogP contribution < -0.4 is 4.74 Å². The maximum absolute atomic E-state index is 13.3. The lowest BCUT2D eigenvalue weighted by molar-refractivity contribution is -0.157. The van der Waals surface area contributed by atoms with Crippen molar-refractivity contribution in [3.8, 4) is 5.75 Å². The Kier molecular flexibility index (Phi) is 6.01. The van der Waals surface area contributed by atoms with Gasteiger partial charge >= 0.3 is 5.97 Å². The Morgan fingerprint density at radius 1 is 1.21 bits per heavy atom. The Bertz CT molecular complexity index is 706. The third kappa shape index (κ3) is 4.86. The number of ether oxygens (including phenoxy) is 2. The van der Waals surface area contributed by atoms with E-state index in [0.717, 1.165) is 50.0 Å². The quantitative estimate of drug-likeness (QED) is 0.706. The van der Waals surface area contributed by atoms with Crippen LogP contribution in [0, 0.1) is 11.3 Å². The maximum Gasteiger partial charge on any atom is 0.306 e. The third-order valence-electron chi connectivity index (χ3n) is 5.96. The van der Waals surface area contributed by atoms with Gasteiger partial charge in [-0.25, -0.2) is 0 Å². The average molecular weight is 388 g/mol. The molecule has 2 atom stereocenters. The van der Waals surface area contributed by atoms with Crippen molar-refractivity contribution in [2.24, 2.45) is 11.3 Å². The first kappa shape index (κ1) is 20.7. The summed E-state index contributed by atoms with van der Waals surface area (Å²) in [5, 5.41) is 0. The van der Waals surface area contributed by atoms with Gasteiger partial charge in [0.05, 0.1) is 12.5 Å². The summed E-state index contributed by atoms with van der Waals surface area (Å²) in [5.41, 5.74) is 0.381. The van der Waals surface area contributed by atoms with Gasteiger partial charge in [0.15, 0.2) is 0 Å². The fourth-order valence-corrected chi connectivity index (χ4v) is 4.70. The Morgan fingerprint density at radius 3 is 2.57 bits per heavy atom. The van der Waals surface area contributed by atoms with E-state index in [1.807, 2.05) is 49.9 Å². The monoisotopic (exact) mass is 387 g/mol. The summed E-state index contributed by atoms with van der Waals surface area (Å²) in [7, 11) is 1.65. The van der Waals surface area contributed by atoms with E-state index in [0.29, 0.717) is 13.0 Å². The second-order valence-electron chi connectivity index (χ2n) is 9.36. The lowest BCUT2D eigenvalue weighted by Gasteiger charge is -2.36. The number of hydrogen-bond acceptors (Lipinski definition) is 4. The number of nitrogens with zero attached hydrogens (tertiary/aromatic N) is 1. The molecule has 2 fully saturated rings. The van der Waals surface area contributed by atoms with Crippen molar-refractivity contribution < 1.29 is 19.1 Å². The lowest BCUT2D eigenvalue weighted by Crippen LogP contribution is -2.38. The van der Waals surface area contributed by atoms with E-state index in [1.165, 1.54) is 0 Å². The van der Waals surface area contributed by atoms with Crippen molar-refractivity contribution in [1.82, 2.24) is 4.90 Å². The van der Waals surface area contributed by atoms with Crippen LogP contribution in [0.2, 0.25) is 0 Å². The van der Waals surface area contributed by atoms with Crippen LogP contribution in [0.1, 0.15) is 64.9 Å². The van der Waals surface area contributed by atoms with Crippen LogP contribution in [0.15, 0.2) is 24.3 Å². The largest absolute Gasteiger partial charge is 0.497 e. The second kappa shape index (κ2) is 8.14. The molecule has 1 spiro atoms. The number of amides is 1. The van der Waals surface area contributed by atoms with Crippen molar-refractivity contribution in [2.45, 2.75) is 71.4 Å². The molecular weight excluding hydrogens is 354 g/mol. The summed E-state index contributed by atoms with van der Waals surface area (Å²) in [6.45, 7) is 7.12. The predicted octanol–water partition coefficient (Wildman–Crippen LogP) is 4.34. The molecule has 5 heteroatoms. The van der Waals surface area contributed by atoms with Crippen molar-refractivity contribution in [2.75, 3.05) is 13.7 Å². The van der Waals surface area contributed by atoms with Gasteiger partial charge < -0.3 is 14.4 Å². The summed E-state index contributed by atoms with van der Waals surface area (Å²) in [6.07, 6.45) is 5.08. The van der Waals surface area contributed by atoms with Gasteiger partial charge in [-0.3, -0.25) is 9.59 Å². The van der Waals surface area contributed by atoms with Gasteiger partial charge in [0, 0.05) is 19.5 Å². The molecule has 0 aromatic heterocycles. The van der Waals surface area contributed by atoms with Crippen LogP contribution in [0.5, 0.6) is 5.75 Å². The molecule has 0 bridgehead atoms. The van der Waals surface area contributed by atoms with Gasteiger partial charge in [-0.15, -0.1) is 0 Å². The molecule has 1 saturated heterocycles. The van der Waals surface area contributed by atoms with Gasteiger partial charge in [0.2, 0.25) is 5.91 Å². The SMILES string of the molecule is COc1ccc(CN2CC[C@]3(CCC[C@H](CC(=O)OC(C)(C)C)C3)C2=O)cc1. The highest BCUT2D eigenvalue weighted by molar-refractivity contribution is 5.85. The fraction of sp³-hybridized carbons (Fsp3) is 0.652. The molecule has 1 aliphatic carbocycles. The standard InChI is InChI=1S/C23H33NO4/c1-22(2,3)28-20(25)14-18-6-5-11-23(15-18)12-13-24(21(23)26)16-17-7-9-19(27-4)10-8-17/h7-10,18H,5-6,11-16H2,1-4H3/t18-,23+/m1/s1. The van der Waals surface area contributed by atoms with E-state index in [-0.39, 0.29) is 23.2 Å². The van der Waals surface area contributed by atoms with Crippen LogP contribution in [0.25, 0.3) is 0 Å². The number of rotatable bonds is 5. The van der Waals surface area contributed by atoms with E-state index < -0.39 is 5.60 Å². The number of carbonyl (C=O) groups excluding carboxylic acids is 2. The van der Waals surface area contributed by atoms with E-state index in [9.17, 15) is 9.59 Å². The number of methoxy groups -OCH3 is 1. The molecule has 1 amide bonds. The summed E-state index contributed by atoms with van der Waals surface area (Å²) in [5.74, 6) is 1.19. The first-order chi connectivity index (χ1) is 13.2. The van der Waals surface area contributed by atoms with Crippen LogP contribution in [0.4, 0.5) is 0 Å². The van der Waals surface area contributed by atoms with Crippen LogP contribution in [-0.2, 0) is 20.9 Å². The topological polar surface area (TPSA) is 55.8 Å². The molecule has 28 heavy (non-hydrogen) atoms. The molecule has 1 aliphatic heterocycles. The molecule has 1 heterocycles. The smallest absolute Gasteiger partial charge is 0.306 e. The second-order valence-corrected chi connectivity index (χ2v) is 9.36. The van der Waals surface area contributed by atoms with Gasteiger partial charge in [-0.2, -0.15) is 0 Å². The zero-order chi connectivity index (χ0) is 20.4. The molecule has 2 aliphatic rings.